The highest BCUT2D eigenvalue weighted by Gasteiger charge is 2.41. The van der Waals surface area contributed by atoms with E-state index in [1.807, 2.05) is 0 Å². The molecule has 1 rings (SSSR count). The maximum Gasteiger partial charge on any atom is 0.331 e. The number of nitrogens with two attached hydrogens (primary N) is 1. The van der Waals surface area contributed by atoms with Crippen molar-refractivity contribution in [3.05, 3.63) is 0 Å². The zero-order valence-electron chi connectivity index (χ0n) is 12.6. The van der Waals surface area contributed by atoms with Gasteiger partial charge >= 0.3 is 5.97 Å². The zero-order valence-corrected chi connectivity index (χ0v) is 13.4. The molecule has 2 unspecified atom stereocenters. The fraction of sp³-hybridized carbons (Fsp3) is 0.857. The molecule has 6 heteroatoms. The number of halogens is 1. The lowest BCUT2D eigenvalue weighted by Crippen LogP contribution is -2.57. The van der Waals surface area contributed by atoms with E-state index in [1.54, 1.807) is 13.8 Å². The van der Waals surface area contributed by atoms with Crippen LogP contribution >= 0.6 is 12.4 Å². The number of esters is 1. The highest BCUT2D eigenvalue weighted by atomic mass is 35.5. The van der Waals surface area contributed by atoms with Crippen molar-refractivity contribution < 1.29 is 14.3 Å². The normalized spacial score (nSPS) is 20.8. The molecule has 5 nitrogen and oxygen atoms in total. The van der Waals surface area contributed by atoms with Gasteiger partial charge < -0.3 is 15.8 Å². The van der Waals surface area contributed by atoms with Crippen molar-refractivity contribution in [2.75, 3.05) is 7.11 Å². The van der Waals surface area contributed by atoms with Crippen molar-refractivity contribution in [1.29, 1.82) is 0 Å². The molecule has 20 heavy (non-hydrogen) atoms. The van der Waals surface area contributed by atoms with Crippen LogP contribution in [0.5, 0.6) is 0 Å². The van der Waals surface area contributed by atoms with Gasteiger partial charge in [0.05, 0.1) is 7.11 Å². The van der Waals surface area contributed by atoms with Gasteiger partial charge in [-0.25, -0.2) is 4.79 Å². The van der Waals surface area contributed by atoms with Crippen LogP contribution in [0.3, 0.4) is 0 Å². The molecule has 118 valence electrons. The van der Waals surface area contributed by atoms with Crippen LogP contribution in [0.25, 0.3) is 0 Å². The molecule has 1 aliphatic rings. The summed E-state index contributed by atoms with van der Waals surface area (Å²) in [7, 11) is 1.37. The van der Waals surface area contributed by atoms with Crippen molar-refractivity contribution in [2.45, 2.75) is 64.0 Å². The second-order valence-electron chi connectivity index (χ2n) is 5.62. The van der Waals surface area contributed by atoms with E-state index < -0.39 is 5.54 Å². The minimum Gasteiger partial charge on any atom is -0.467 e. The van der Waals surface area contributed by atoms with Crippen molar-refractivity contribution in [3.63, 3.8) is 0 Å². The molecule has 1 fully saturated rings. The number of ether oxygens (including phenoxy) is 1. The molecule has 1 aliphatic carbocycles. The first-order valence-corrected chi connectivity index (χ1v) is 7.09. The lowest BCUT2D eigenvalue weighted by atomic mass is 9.89. The van der Waals surface area contributed by atoms with E-state index in [9.17, 15) is 9.59 Å². The van der Waals surface area contributed by atoms with Crippen molar-refractivity contribution in [2.24, 2.45) is 11.7 Å². The van der Waals surface area contributed by atoms with Crippen LogP contribution in [0.15, 0.2) is 0 Å². The van der Waals surface area contributed by atoms with Crippen molar-refractivity contribution in [1.82, 2.24) is 5.32 Å². The molecule has 0 aromatic heterocycles. The molecular weight excluding hydrogens is 280 g/mol. The standard InChI is InChI=1S/C14H26N2O3.ClH/c1-10(11(2)15)12(17)16-14(13(18)19-3)8-6-4-5-7-9-14;/h10-11H,4-9,15H2,1-3H3,(H,16,17);1H. The molecule has 3 N–H and O–H groups in total. The number of carbonyl (C=O) groups excluding carboxylic acids is 2. The van der Waals surface area contributed by atoms with E-state index >= 15 is 0 Å². The quantitative estimate of drug-likeness (QED) is 0.613. The van der Waals surface area contributed by atoms with E-state index in [0.29, 0.717) is 12.8 Å². The van der Waals surface area contributed by atoms with E-state index in [0.717, 1.165) is 25.7 Å². The smallest absolute Gasteiger partial charge is 0.331 e. The Labute approximate surface area is 127 Å². The van der Waals surface area contributed by atoms with Crippen LogP contribution < -0.4 is 11.1 Å². The number of nitrogens with one attached hydrogen (secondary N) is 1. The SMILES string of the molecule is COC(=O)C1(NC(=O)C(C)C(C)N)CCCCCC1.Cl. The average Bonchev–Trinajstić information content (AvgIpc) is 2.63. The summed E-state index contributed by atoms with van der Waals surface area (Å²) >= 11 is 0. The van der Waals surface area contributed by atoms with Gasteiger partial charge in [0.1, 0.15) is 5.54 Å². The maximum atomic E-state index is 12.2. The topological polar surface area (TPSA) is 81.4 Å². The number of hydrogen-bond acceptors (Lipinski definition) is 4. The third-order valence-electron chi connectivity index (χ3n) is 4.10. The van der Waals surface area contributed by atoms with Gasteiger partial charge in [0, 0.05) is 12.0 Å². The molecule has 2 atom stereocenters. The van der Waals surface area contributed by atoms with Crippen LogP contribution in [0.1, 0.15) is 52.4 Å². The molecule has 0 aromatic rings. The Balaban J connectivity index is 0.00000361. The van der Waals surface area contributed by atoms with Crippen LogP contribution in [0, 0.1) is 5.92 Å². The summed E-state index contributed by atoms with van der Waals surface area (Å²) in [5.74, 6) is -0.813. The first-order chi connectivity index (χ1) is 8.93. The summed E-state index contributed by atoms with van der Waals surface area (Å²) in [4.78, 5) is 24.3. The molecule has 0 heterocycles. The molecule has 0 bridgehead atoms. The summed E-state index contributed by atoms with van der Waals surface area (Å²) < 4.78 is 4.90. The number of carbonyl (C=O) groups is 2. The largest absolute Gasteiger partial charge is 0.467 e. The van der Waals surface area contributed by atoms with E-state index in [1.165, 1.54) is 7.11 Å². The van der Waals surface area contributed by atoms with Crippen molar-refractivity contribution >= 4 is 24.3 Å². The molecule has 0 saturated heterocycles. The summed E-state index contributed by atoms with van der Waals surface area (Å²) in [6.45, 7) is 3.57. The predicted molar refractivity (Wildman–Crippen MR) is 80.7 cm³/mol. The van der Waals surface area contributed by atoms with Gasteiger partial charge in [-0.3, -0.25) is 4.79 Å². The Morgan fingerprint density at radius 3 is 2.05 bits per heavy atom. The fourth-order valence-electron chi connectivity index (χ4n) is 2.50. The summed E-state index contributed by atoms with van der Waals surface area (Å²) in [6.07, 6.45) is 5.35. The van der Waals surface area contributed by atoms with E-state index in [-0.39, 0.29) is 36.2 Å². The number of hydrogen-bond donors (Lipinski definition) is 2. The average molecular weight is 307 g/mol. The number of methoxy groups -OCH3 is 1. The van der Waals surface area contributed by atoms with Gasteiger partial charge in [-0.15, -0.1) is 12.4 Å². The molecular formula is C14H27ClN2O3. The predicted octanol–water partition coefficient (Wildman–Crippen LogP) is 1.77. The van der Waals surface area contributed by atoms with Crippen LogP contribution in [-0.2, 0) is 14.3 Å². The molecule has 0 radical (unpaired) electrons. The van der Waals surface area contributed by atoms with E-state index in [4.69, 9.17) is 10.5 Å². The highest BCUT2D eigenvalue weighted by Crippen LogP contribution is 2.28. The second-order valence-corrected chi connectivity index (χ2v) is 5.62. The zero-order chi connectivity index (χ0) is 14.5. The first-order valence-electron chi connectivity index (χ1n) is 7.09. The minimum absolute atomic E-state index is 0. The van der Waals surface area contributed by atoms with Crippen LogP contribution in [0.4, 0.5) is 0 Å². The van der Waals surface area contributed by atoms with Gasteiger partial charge in [0.15, 0.2) is 0 Å². The molecule has 1 amide bonds. The third kappa shape index (κ3) is 4.63. The Bertz CT molecular complexity index is 326. The Hall–Kier alpha value is -0.810. The molecule has 0 aromatic carbocycles. The van der Waals surface area contributed by atoms with Gasteiger partial charge in [-0.2, -0.15) is 0 Å². The molecule has 0 spiro atoms. The lowest BCUT2D eigenvalue weighted by molar-refractivity contribution is -0.152. The lowest BCUT2D eigenvalue weighted by Gasteiger charge is -2.32. The summed E-state index contributed by atoms with van der Waals surface area (Å²) in [5, 5.41) is 2.91. The van der Waals surface area contributed by atoms with Gasteiger partial charge in [-0.05, 0) is 19.8 Å². The fourth-order valence-corrected chi connectivity index (χ4v) is 2.50. The Kier molecular flexibility index (Phi) is 8.13. The molecule has 0 aliphatic heterocycles. The second kappa shape index (κ2) is 8.47. The first kappa shape index (κ1) is 19.2. The van der Waals surface area contributed by atoms with Crippen molar-refractivity contribution in [3.8, 4) is 0 Å². The minimum atomic E-state index is -0.856. The van der Waals surface area contributed by atoms with Gasteiger partial charge in [-0.1, -0.05) is 32.6 Å². The maximum absolute atomic E-state index is 12.2. The molecule has 1 saturated carbocycles. The highest BCUT2D eigenvalue weighted by molar-refractivity contribution is 5.89. The third-order valence-corrected chi connectivity index (χ3v) is 4.10. The van der Waals surface area contributed by atoms with Gasteiger partial charge in [0.2, 0.25) is 5.91 Å². The van der Waals surface area contributed by atoms with Crippen LogP contribution in [-0.4, -0.2) is 30.6 Å². The summed E-state index contributed by atoms with van der Waals surface area (Å²) in [6, 6.07) is -0.236. The summed E-state index contributed by atoms with van der Waals surface area (Å²) in [5.41, 5.74) is 4.89. The van der Waals surface area contributed by atoms with Gasteiger partial charge in [0.25, 0.3) is 0 Å². The number of amides is 1. The van der Waals surface area contributed by atoms with Crippen LogP contribution in [0.2, 0.25) is 0 Å². The Morgan fingerprint density at radius 1 is 1.15 bits per heavy atom. The monoisotopic (exact) mass is 306 g/mol. The van der Waals surface area contributed by atoms with E-state index in [2.05, 4.69) is 5.32 Å². The Morgan fingerprint density at radius 2 is 1.65 bits per heavy atom. The number of rotatable bonds is 4.